The highest BCUT2D eigenvalue weighted by atomic mass is 79.9. The molecular formula is C17H20BrNO3. The molecular weight excluding hydrogens is 346 g/mol. The summed E-state index contributed by atoms with van der Waals surface area (Å²) in [6, 6.07) is 11.3. The van der Waals surface area contributed by atoms with E-state index in [2.05, 4.69) is 21.2 Å². The summed E-state index contributed by atoms with van der Waals surface area (Å²) in [7, 11) is 0. The van der Waals surface area contributed by atoms with E-state index >= 15 is 0 Å². The van der Waals surface area contributed by atoms with Crippen LogP contribution in [0.3, 0.4) is 0 Å². The minimum absolute atomic E-state index is 0.0635. The molecule has 5 heteroatoms. The van der Waals surface area contributed by atoms with Crippen molar-refractivity contribution in [1.29, 1.82) is 0 Å². The number of hydrogen-bond acceptors (Lipinski definition) is 3. The van der Waals surface area contributed by atoms with Crippen LogP contribution in [-0.4, -0.2) is 18.1 Å². The number of ether oxygens (including phenoxy) is 1. The molecule has 1 N–H and O–H groups in total. The second kappa shape index (κ2) is 8.03. The average molecular weight is 366 g/mol. The molecule has 0 saturated carbocycles. The summed E-state index contributed by atoms with van der Waals surface area (Å²) in [5.74, 6) is 1.49. The number of carbonyl (C=O) groups is 1. The van der Waals surface area contributed by atoms with E-state index < -0.39 is 6.10 Å². The predicted molar refractivity (Wildman–Crippen MR) is 88.9 cm³/mol. The number of carbonyl (C=O) groups excluding carboxylic acids is 1. The number of rotatable bonds is 7. The Morgan fingerprint density at radius 3 is 2.64 bits per heavy atom. The van der Waals surface area contributed by atoms with Crippen LogP contribution in [0.1, 0.15) is 26.0 Å². The first-order valence-electron chi connectivity index (χ1n) is 7.29. The molecule has 4 nitrogen and oxygen atoms in total. The van der Waals surface area contributed by atoms with Gasteiger partial charge in [-0.05, 0) is 56.7 Å². The third kappa shape index (κ3) is 5.22. The molecule has 1 aromatic heterocycles. The van der Waals surface area contributed by atoms with Crippen molar-refractivity contribution in [3.05, 3.63) is 52.9 Å². The molecule has 0 radical (unpaired) electrons. The van der Waals surface area contributed by atoms with Crippen molar-refractivity contribution in [2.24, 2.45) is 0 Å². The molecule has 0 spiro atoms. The van der Waals surface area contributed by atoms with Gasteiger partial charge in [-0.1, -0.05) is 15.9 Å². The Kier molecular flexibility index (Phi) is 6.07. The van der Waals surface area contributed by atoms with E-state index in [4.69, 9.17) is 9.15 Å². The van der Waals surface area contributed by atoms with Gasteiger partial charge in [0, 0.05) is 16.9 Å². The molecule has 0 bridgehead atoms. The lowest BCUT2D eigenvalue weighted by Gasteiger charge is -2.18. The molecule has 1 heterocycles. The number of benzene rings is 1. The minimum atomic E-state index is -0.535. The number of hydrogen-bond donors (Lipinski definition) is 1. The first-order chi connectivity index (χ1) is 10.5. The zero-order valence-corrected chi connectivity index (χ0v) is 14.3. The summed E-state index contributed by atoms with van der Waals surface area (Å²) in [6.45, 7) is 3.73. The Labute approximate surface area is 139 Å². The molecule has 0 fully saturated rings. The maximum absolute atomic E-state index is 12.1. The van der Waals surface area contributed by atoms with Gasteiger partial charge in [-0.2, -0.15) is 0 Å². The van der Waals surface area contributed by atoms with Crippen molar-refractivity contribution in [1.82, 2.24) is 5.32 Å². The zero-order chi connectivity index (χ0) is 15.9. The van der Waals surface area contributed by atoms with Gasteiger partial charge in [-0.25, -0.2) is 0 Å². The molecule has 1 aromatic carbocycles. The van der Waals surface area contributed by atoms with E-state index in [1.807, 2.05) is 43.3 Å². The molecule has 22 heavy (non-hydrogen) atoms. The molecule has 2 atom stereocenters. The Hall–Kier alpha value is -1.75. The SMILES string of the molecule is CC(CCc1ccco1)NC(=O)C(C)Oc1ccc(Br)cc1. The summed E-state index contributed by atoms with van der Waals surface area (Å²) in [5, 5.41) is 2.96. The summed E-state index contributed by atoms with van der Waals surface area (Å²) in [5.41, 5.74) is 0. The second-order valence-corrected chi connectivity index (χ2v) is 6.16. The van der Waals surface area contributed by atoms with Crippen LogP contribution < -0.4 is 10.1 Å². The zero-order valence-electron chi connectivity index (χ0n) is 12.7. The van der Waals surface area contributed by atoms with Crippen molar-refractivity contribution in [3.8, 4) is 5.75 Å². The van der Waals surface area contributed by atoms with Gasteiger partial charge in [-0.3, -0.25) is 4.79 Å². The molecule has 0 saturated heterocycles. The van der Waals surface area contributed by atoms with Crippen molar-refractivity contribution < 1.29 is 13.9 Å². The lowest BCUT2D eigenvalue weighted by atomic mass is 10.1. The first kappa shape index (κ1) is 16.6. The fourth-order valence-corrected chi connectivity index (χ4v) is 2.28. The smallest absolute Gasteiger partial charge is 0.260 e. The van der Waals surface area contributed by atoms with Crippen molar-refractivity contribution in [2.75, 3.05) is 0 Å². The van der Waals surface area contributed by atoms with Crippen LogP contribution in [0.2, 0.25) is 0 Å². The third-order valence-electron chi connectivity index (χ3n) is 3.29. The van der Waals surface area contributed by atoms with E-state index in [0.717, 1.165) is 23.1 Å². The molecule has 1 amide bonds. The fourth-order valence-electron chi connectivity index (χ4n) is 2.02. The highest BCUT2D eigenvalue weighted by molar-refractivity contribution is 9.10. The van der Waals surface area contributed by atoms with E-state index in [9.17, 15) is 4.79 Å². The lowest BCUT2D eigenvalue weighted by Crippen LogP contribution is -2.41. The van der Waals surface area contributed by atoms with E-state index in [0.29, 0.717) is 5.75 Å². The highest BCUT2D eigenvalue weighted by Crippen LogP contribution is 2.17. The Balaban J connectivity index is 1.76. The monoisotopic (exact) mass is 365 g/mol. The number of furan rings is 1. The molecule has 2 aromatic rings. The first-order valence-corrected chi connectivity index (χ1v) is 8.09. The van der Waals surface area contributed by atoms with Crippen LogP contribution in [-0.2, 0) is 11.2 Å². The number of nitrogens with one attached hydrogen (secondary N) is 1. The van der Waals surface area contributed by atoms with Crippen LogP contribution in [0.15, 0.2) is 51.6 Å². The van der Waals surface area contributed by atoms with Crippen molar-refractivity contribution in [3.63, 3.8) is 0 Å². The van der Waals surface area contributed by atoms with Gasteiger partial charge >= 0.3 is 0 Å². The molecule has 0 aliphatic carbocycles. The van der Waals surface area contributed by atoms with Crippen LogP contribution >= 0.6 is 15.9 Å². The van der Waals surface area contributed by atoms with Gasteiger partial charge in [0.05, 0.1) is 6.26 Å². The van der Waals surface area contributed by atoms with Crippen LogP contribution in [0.5, 0.6) is 5.75 Å². The van der Waals surface area contributed by atoms with Crippen LogP contribution in [0.25, 0.3) is 0 Å². The standard InChI is InChI=1S/C17H20BrNO3/c1-12(5-8-15-4-3-11-21-15)19-17(20)13(2)22-16-9-6-14(18)7-10-16/h3-4,6-7,9-13H,5,8H2,1-2H3,(H,19,20). The largest absolute Gasteiger partial charge is 0.481 e. The highest BCUT2D eigenvalue weighted by Gasteiger charge is 2.17. The maximum atomic E-state index is 12.1. The van der Waals surface area contributed by atoms with Gasteiger partial charge in [0.15, 0.2) is 6.10 Å². The van der Waals surface area contributed by atoms with Gasteiger partial charge in [0.1, 0.15) is 11.5 Å². The topological polar surface area (TPSA) is 51.5 Å². The predicted octanol–water partition coefficient (Wildman–Crippen LogP) is 3.95. The Bertz CT molecular complexity index is 580. The van der Waals surface area contributed by atoms with Gasteiger partial charge < -0.3 is 14.5 Å². The lowest BCUT2D eigenvalue weighted by molar-refractivity contribution is -0.127. The number of amides is 1. The van der Waals surface area contributed by atoms with Gasteiger partial charge in [0.2, 0.25) is 0 Å². The summed E-state index contributed by atoms with van der Waals surface area (Å²) < 4.78 is 11.9. The Morgan fingerprint density at radius 1 is 1.27 bits per heavy atom. The fraction of sp³-hybridized carbons (Fsp3) is 0.353. The molecule has 0 aliphatic rings. The van der Waals surface area contributed by atoms with Crippen LogP contribution in [0, 0.1) is 0 Å². The number of halogens is 1. The van der Waals surface area contributed by atoms with Gasteiger partial charge in [0.25, 0.3) is 5.91 Å². The minimum Gasteiger partial charge on any atom is -0.481 e. The summed E-state index contributed by atoms with van der Waals surface area (Å²) in [4.78, 5) is 12.1. The summed E-state index contributed by atoms with van der Waals surface area (Å²) in [6.07, 6.45) is 2.75. The second-order valence-electron chi connectivity index (χ2n) is 5.24. The van der Waals surface area contributed by atoms with E-state index in [1.165, 1.54) is 0 Å². The van der Waals surface area contributed by atoms with E-state index in [1.54, 1.807) is 13.2 Å². The van der Waals surface area contributed by atoms with Crippen LogP contribution in [0.4, 0.5) is 0 Å². The molecule has 118 valence electrons. The van der Waals surface area contributed by atoms with E-state index in [-0.39, 0.29) is 11.9 Å². The average Bonchev–Trinajstić information content (AvgIpc) is 3.01. The van der Waals surface area contributed by atoms with Gasteiger partial charge in [-0.15, -0.1) is 0 Å². The maximum Gasteiger partial charge on any atom is 0.260 e. The number of aryl methyl sites for hydroxylation is 1. The quantitative estimate of drug-likeness (QED) is 0.807. The summed E-state index contributed by atoms with van der Waals surface area (Å²) >= 11 is 3.36. The molecule has 2 unspecified atom stereocenters. The molecule has 0 aliphatic heterocycles. The van der Waals surface area contributed by atoms with Crippen molar-refractivity contribution in [2.45, 2.75) is 38.8 Å². The van der Waals surface area contributed by atoms with Crippen molar-refractivity contribution >= 4 is 21.8 Å². The normalized spacial score (nSPS) is 13.4. The molecule has 2 rings (SSSR count). The third-order valence-corrected chi connectivity index (χ3v) is 3.82. The Morgan fingerprint density at radius 2 is 2.00 bits per heavy atom.